The number of aromatic nitrogens is 1. The summed E-state index contributed by atoms with van der Waals surface area (Å²) in [7, 11) is 1.57. The van der Waals surface area contributed by atoms with E-state index >= 15 is 0 Å². The molecule has 0 bridgehead atoms. The third-order valence-electron chi connectivity index (χ3n) is 2.47. The van der Waals surface area contributed by atoms with E-state index < -0.39 is 0 Å². The Morgan fingerprint density at radius 2 is 2.21 bits per heavy atom. The topological polar surface area (TPSA) is 60.2 Å². The van der Waals surface area contributed by atoms with Crippen molar-refractivity contribution in [3.05, 3.63) is 47.2 Å². The van der Waals surface area contributed by atoms with Crippen LogP contribution in [0.3, 0.4) is 0 Å². The lowest BCUT2D eigenvalue weighted by molar-refractivity contribution is 0.415. The quantitative estimate of drug-likeness (QED) is 0.848. The number of nitrogens with zero attached hydrogens (tertiary/aromatic N) is 1. The molecule has 0 spiro atoms. The van der Waals surface area contributed by atoms with Crippen LogP contribution in [0.4, 0.5) is 11.4 Å². The number of halogens is 1. The minimum Gasteiger partial charge on any atom is -0.495 e. The molecule has 0 fully saturated rings. The fraction of sp³-hybridized carbons (Fsp3) is 0.0769. The number of methoxy groups -OCH3 is 1. The molecule has 2 aromatic rings. The summed E-state index contributed by atoms with van der Waals surface area (Å²) in [5, 5.41) is 3.70. The summed E-state index contributed by atoms with van der Waals surface area (Å²) in [4.78, 5) is 4.38. The van der Waals surface area contributed by atoms with E-state index in [1.54, 1.807) is 31.5 Å². The number of thiocarbonyl (C=S) groups is 1. The van der Waals surface area contributed by atoms with Gasteiger partial charge in [0.15, 0.2) is 0 Å². The highest BCUT2D eigenvalue weighted by molar-refractivity contribution is 7.80. The zero-order valence-electron chi connectivity index (χ0n) is 10.2. The van der Waals surface area contributed by atoms with E-state index in [1.807, 2.05) is 12.1 Å². The number of anilines is 2. The van der Waals surface area contributed by atoms with E-state index in [0.29, 0.717) is 16.5 Å². The first-order chi connectivity index (χ1) is 9.11. The third-order valence-corrected chi connectivity index (χ3v) is 2.96. The zero-order chi connectivity index (χ0) is 13.8. The van der Waals surface area contributed by atoms with Gasteiger partial charge in [-0.05, 0) is 30.3 Å². The lowest BCUT2D eigenvalue weighted by Gasteiger charge is -2.11. The maximum atomic E-state index is 6.07. The fourth-order valence-electron chi connectivity index (χ4n) is 1.60. The first kappa shape index (κ1) is 13.6. The fourth-order valence-corrected chi connectivity index (χ4v) is 2.02. The van der Waals surface area contributed by atoms with E-state index in [9.17, 15) is 0 Å². The van der Waals surface area contributed by atoms with Crippen LogP contribution in [0.25, 0.3) is 0 Å². The van der Waals surface area contributed by atoms with Crippen LogP contribution in [0, 0.1) is 0 Å². The van der Waals surface area contributed by atoms with Crippen molar-refractivity contribution in [2.45, 2.75) is 0 Å². The summed E-state index contributed by atoms with van der Waals surface area (Å²) in [5.41, 5.74) is 7.71. The van der Waals surface area contributed by atoms with E-state index in [4.69, 9.17) is 34.3 Å². The molecule has 3 N–H and O–H groups in total. The van der Waals surface area contributed by atoms with Crippen LogP contribution >= 0.6 is 23.8 Å². The van der Waals surface area contributed by atoms with E-state index in [2.05, 4.69) is 10.3 Å². The van der Waals surface area contributed by atoms with Crippen molar-refractivity contribution >= 4 is 40.2 Å². The van der Waals surface area contributed by atoms with Gasteiger partial charge in [0.1, 0.15) is 16.4 Å². The number of hydrogen-bond donors (Lipinski definition) is 2. The molecule has 0 aliphatic heterocycles. The Labute approximate surface area is 121 Å². The SMILES string of the molecule is COc1ccc(Nc2cccnc2C(N)=S)cc1Cl. The molecule has 0 aliphatic carbocycles. The summed E-state index contributed by atoms with van der Waals surface area (Å²) in [6.45, 7) is 0. The molecule has 1 aromatic heterocycles. The Morgan fingerprint density at radius 3 is 2.84 bits per heavy atom. The normalized spacial score (nSPS) is 10.0. The molecule has 6 heteroatoms. The molecule has 4 nitrogen and oxygen atoms in total. The molecular weight excluding hydrogens is 282 g/mol. The van der Waals surface area contributed by atoms with Gasteiger partial charge in [-0.3, -0.25) is 4.98 Å². The maximum absolute atomic E-state index is 6.07. The van der Waals surface area contributed by atoms with Crippen LogP contribution < -0.4 is 15.8 Å². The Morgan fingerprint density at radius 1 is 1.42 bits per heavy atom. The van der Waals surface area contributed by atoms with Crippen LogP contribution in [0.5, 0.6) is 5.75 Å². The first-order valence-corrected chi connectivity index (χ1v) is 6.26. The molecule has 0 atom stereocenters. The molecule has 98 valence electrons. The van der Waals surface area contributed by atoms with Crippen molar-refractivity contribution < 1.29 is 4.74 Å². The minimum absolute atomic E-state index is 0.239. The molecule has 0 aliphatic rings. The Hall–Kier alpha value is -1.85. The van der Waals surface area contributed by atoms with Crippen molar-refractivity contribution in [3.63, 3.8) is 0 Å². The predicted molar refractivity (Wildman–Crippen MR) is 81.4 cm³/mol. The van der Waals surface area contributed by atoms with Gasteiger partial charge in [0, 0.05) is 11.9 Å². The molecule has 19 heavy (non-hydrogen) atoms. The summed E-state index contributed by atoms with van der Waals surface area (Å²) >= 11 is 11.0. The lowest BCUT2D eigenvalue weighted by Crippen LogP contribution is -2.13. The van der Waals surface area contributed by atoms with Gasteiger partial charge in [-0.2, -0.15) is 0 Å². The number of pyridine rings is 1. The molecule has 0 amide bonds. The van der Waals surface area contributed by atoms with Gasteiger partial charge in [0.05, 0.1) is 17.8 Å². The Balaban J connectivity index is 2.31. The second-order valence-corrected chi connectivity index (χ2v) is 4.59. The Bertz CT molecular complexity index is 619. The predicted octanol–water partition coefficient (Wildman–Crippen LogP) is 3.12. The summed E-state index contributed by atoms with van der Waals surface area (Å²) in [6, 6.07) is 9.04. The number of benzene rings is 1. The second-order valence-electron chi connectivity index (χ2n) is 3.74. The molecular formula is C13H12ClN3OS. The van der Waals surface area contributed by atoms with Gasteiger partial charge < -0.3 is 15.8 Å². The molecule has 1 heterocycles. The highest BCUT2D eigenvalue weighted by atomic mass is 35.5. The average Bonchev–Trinajstić information content (AvgIpc) is 2.39. The van der Waals surface area contributed by atoms with Gasteiger partial charge in [-0.1, -0.05) is 23.8 Å². The molecule has 0 saturated heterocycles. The van der Waals surface area contributed by atoms with Gasteiger partial charge in [0.2, 0.25) is 0 Å². The molecule has 1 aromatic carbocycles. The van der Waals surface area contributed by atoms with Gasteiger partial charge in [-0.15, -0.1) is 0 Å². The van der Waals surface area contributed by atoms with Crippen LogP contribution in [0.15, 0.2) is 36.5 Å². The first-order valence-electron chi connectivity index (χ1n) is 5.47. The van der Waals surface area contributed by atoms with Gasteiger partial charge >= 0.3 is 0 Å². The van der Waals surface area contributed by atoms with E-state index in [1.165, 1.54) is 0 Å². The highest BCUT2D eigenvalue weighted by Crippen LogP contribution is 2.29. The zero-order valence-corrected chi connectivity index (χ0v) is 11.8. The molecule has 0 unspecified atom stereocenters. The lowest BCUT2D eigenvalue weighted by atomic mass is 10.2. The van der Waals surface area contributed by atoms with E-state index in [0.717, 1.165) is 11.4 Å². The number of hydrogen-bond acceptors (Lipinski definition) is 4. The number of nitrogens with two attached hydrogens (primary N) is 1. The molecule has 0 radical (unpaired) electrons. The van der Waals surface area contributed by atoms with Crippen LogP contribution in [0.1, 0.15) is 5.69 Å². The summed E-state index contributed by atoms with van der Waals surface area (Å²) in [6.07, 6.45) is 1.64. The van der Waals surface area contributed by atoms with Crippen LogP contribution in [0.2, 0.25) is 5.02 Å². The van der Waals surface area contributed by atoms with Crippen molar-refractivity contribution in [2.24, 2.45) is 5.73 Å². The largest absolute Gasteiger partial charge is 0.495 e. The standard InChI is InChI=1S/C13H12ClN3OS/c1-18-11-5-4-8(7-9(11)14)17-10-3-2-6-16-12(10)13(15)19/h2-7,17H,1H3,(H2,15,19). The third kappa shape index (κ3) is 3.13. The van der Waals surface area contributed by atoms with Crippen LogP contribution in [-0.4, -0.2) is 17.1 Å². The van der Waals surface area contributed by atoms with Crippen molar-refractivity contribution in [3.8, 4) is 5.75 Å². The second kappa shape index (κ2) is 5.86. The van der Waals surface area contributed by atoms with Crippen LogP contribution in [-0.2, 0) is 0 Å². The van der Waals surface area contributed by atoms with Gasteiger partial charge in [0.25, 0.3) is 0 Å². The van der Waals surface area contributed by atoms with E-state index in [-0.39, 0.29) is 4.99 Å². The number of rotatable bonds is 4. The summed E-state index contributed by atoms with van der Waals surface area (Å²) in [5.74, 6) is 0.618. The number of ether oxygens (including phenoxy) is 1. The Kier molecular flexibility index (Phi) is 4.19. The molecule has 0 saturated carbocycles. The minimum atomic E-state index is 0.239. The van der Waals surface area contributed by atoms with Crippen molar-refractivity contribution in [1.29, 1.82) is 0 Å². The molecule has 2 rings (SSSR count). The summed E-state index contributed by atoms with van der Waals surface area (Å²) < 4.78 is 5.10. The maximum Gasteiger partial charge on any atom is 0.137 e. The van der Waals surface area contributed by atoms with Crippen molar-refractivity contribution in [1.82, 2.24) is 4.98 Å². The monoisotopic (exact) mass is 293 g/mol. The smallest absolute Gasteiger partial charge is 0.137 e. The number of nitrogens with one attached hydrogen (secondary N) is 1. The van der Waals surface area contributed by atoms with Crippen molar-refractivity contribution in [2.75, 3.05) is 12.4 Å². The average molecular weight is 294 g/mol. The van der Waals surface area contributed by atoms with Gasteiger partial charge in [-0.25, -0.2) is 0 Å². The highest BCUT2D eigenvalue weighted by Gasteiger charge is 2.07.